The summed E-state index contributed by atoms with van der Waals surface area (Å²) in [5.41, 5.74) is 1.97. The SMILES string of the molecule is CN(C[C@@H]1CCCN(C)[C@H]1c1cncn1C)C(=O)c1ccoc1C1CC1. The van der Waals surface area contributed by atoms with Gasteiger partial charge < -0.3 is 13.9 Å². The van der Waals surface area contributed by atoms with Crippen molar-refractivity contribution in [3.63, 3.8) is 0 Å². The standard InChI is InChI=1S/C20H28N4O2/c1-22-9-4-5-15(18(22)17-11-21-13-24(17)3)12-23(2)20(25)16-8-10-26-19(16)14-6-7-14/h8,10-11,13-15,18H,4-7,9,12H2,1-3H3/t15-,18+/m0/s1. The van der Waals surface area contributed by atoms with Crippen molar-refractivity contribution < 1.29 is 9.21 Å². The minimum atomic E-state index is 0.0811. The van der Waals surface area contributed by atoms with Gasteiger partial charge in [-0.05, 0) is 51.3 Å². The predicted octanol–water partition coefficient (Wildman–Crippen LogP) is 3.05. The number of piperidine rings is 1. The second kappa shape index (κ2) is 6.91. The van der Waals surface area contributed by atoms with Crippen molar-refractivity contribution in [1.82, 2.24) is 19.4 Å². The molecule has 6 heteroatoms. The van der Waals surface area contributed by atoms with E-state index in [-0.39, 0.29) is 5.91 Å². The highest BCUT2D eigenvalue weighted by molar-refractivity contribution is 5.95. The highest BCUT2D eigenvalue weighted by Crippen LogP contribution is 2.42. The van der Waals surface area contributed by atoms with Crippen molar-refractivity contribution in [3.05, 3.63) is 41.9 Å². The van der Waals surface area contributed by atoms with Gasteiger partial charge in [0.25, 0.3) is 5.91 Å². The van der Waals surface area contributed by atoms with E-state index in [1.165, 1.54) is 5.69 Å². The first kappa shape index (κ1) is 17.3. The van der Waals surface area contributed by atoms with E-state index < -0.39 is 0 Å². The number of aromatic nitrogens is 2. The van der Waals surface area contributed by atoms with Gasteiger partial charge >= 0.3 is 0 Å². The molecule has 6 nitrogen and oxygen atoms in total. The molecular formula is C20H28N4O2. The van der Waals surface area contributed by atoms with Crippen LogP contribution in [0.5, 0.6) is 0 Å². The van der Waals surface area contributed by atoms with Gasteiger partial charge in [0.15, 0.2) is 0 Å². The molecule has 2 aromatic heterocycles. The van der Waals surface area contributed by atoms with Crippen LogP contribution in [-0.4, -0.2) is 52.4 Å². The van der Waals surface area contributed by atoms with Crippen LogP contribution < -0.4 is 0 Å². The molecule has 0 unspecified atom stereocenters. The van der Waals surface area contributed by atoms with Crippen LogP contribution in [0.2, 0.25) is 0 Å². The lowest BCUT2D eigenvalue weighted by atomic mass is 9.87. The Bertz CT molecular complexity index is 776. The van der Waals surface area contributed by atoms with E-state index >= 15 is 0 Å². The van der Waals surface area contributed by atoms with Crippen LogP contribution >= 0.6 is 0 Å². The largest absolute Gasteiger partial charge is 0.468 e. The molecule has 2 aromatic rings. The molecule has 2 atom stereocenters. The molecule has 1 saturated heterocycles. The van der Waals surface area contributed by atoms with Gasteiger partial charge in [-0.3, -0.25) is 9.69 Å². The predicted molar refractivity (Wildman–Crippen MR) is 98.9 cm³/mol. The summed E-state index contributed by atoms with van der Waals surface area (Å²) in [4.78, 5) is 21.6. The van der Waals surface area contributed by atoms with Gasteiger partial charge in [0, 0.05) is 32.8 Å². The Hall–Kier alpha value is -2.08. The van der Waals surface area contributed by atoms with Crippen molar-refractivity contribution in [2.75, 3.05) is 27.2 Å². The molecular weight excluding hydrogens is 328 g/mol. The molecule has 4 rings (SSSR count). The molecule has 26 heavy (non-hydrogen) atoms. The Morgan fingerprint density at radius 1 is 1.35 bits per heavy atom. The molecule has 0 aromatic carbocycles. The summed E-state index contributed by atoms with van der Waals surface area (Å²) >= 11 is 0. The average molecular weight is 356 g/mol. The lowest BCUT2D eigenvalue weighted by molar-refractivity contribution is 0.0630. The quantitative estimate of drug-likeness (QED) is 0.826. The van der Waals surface area contributed by atoms with E-state index in [4.69, 9.17) is 4.42 Å². The fraction of sp³-hybridized carbons (Fsp3) is 0.600. The first-order chi connectivity index (χ1) is 12.6. The molecule has 0 spiro atoms. The van der Waals surface area contributed by atoms with Crippen molar-refractivity contribution in [2.45, 2.75) is 37.6 Å². The summed E-state index contributed by atoms with van der Waals surface area (Å²) in [6.45, 7) is 1.83. The summed E-state index contributed by atoms with van der Waals surface area (Å²) in [5.74, 6) is 1.80. The van der Waals surface area contributed by atoms with Gasteiger partial charge in [-0.1, -0.05) is 0 Å². The van der Waals surface area contributed by atoms with Gasteiger partial charge in [-0.15, -0.1) is 0 Å². The number of imidazole rings is 1. The van der Waals surface area contributed by atoms with Crippen LogP contribution in [0.15, 0.2) is 29.3 Å². The zero-order chi connectivity index (χ0) is 18.3. The summed E-state index contributed by atoms with van der Waals surface area (Å²) < 4.78 is 7.70. The van der Waals surface area contributed by atoms with Crippen LogP contribution in [0.3, 0.4) is 0 Å². The number of carbonyl (C=O) groups excluding carboxylic acids is 1. The van der Waals surface area contributed by atoms with Crippen LogP contribution in [-0.2, 0) is 7.05 Å². The van der Waals surface area contributed by atoms with Gasteiger partial charge in [-0.25, -0.2) is 4.98 Å². The zero-order valence-electron chi connectivity index (χ0n) is 15.9. The first-order valence-electron chi connectivity index (χ1n) is 9.55. The van der Waals surface area contributed by atoms with Gasteiger partial charge in [0.2, 0.25) is 0 Å². The fourth-order valence-electron chi connectivity index (χ4n) is 4.37. The third-order valence-corrected chi connectivity index (χ3v) is 5.89. The number of amides is 1. The molecule has 140 valence electrons. The molecule has 0 bridgehead atoms. The number of aryl methyl sites for hydroxylation is 1. The van der Waals surface area contributed by atoms with E-state index in [2.05, 4.69) is 21.5 Å². The van der Waals surface area contributed by atoms with Crippen molar-refractivity contribution >= 4 is 5.91 Å². The highest BCUT2D eigenvalue weighted by Gasteiger charge is 2.36. The van der Waals surface area contributed by atoms with Crippen LogP contribution in [0, 0.1) is 5.92 Å². The molecule has 1 amide bonds. The van der Waals surface area contributed by atoms with E-state index in [0.29, 0.717) is 17.9 Å². The van der Waals surface area contributed by atoms with E-state index in [1.54, 1.807) is 6.26 Å². The maximum Gasteiger partial charge on any atom is 0.257 e. The number of nitrogens with zero attached hydrogens (tertiary/aromatic N) is 4. The third kappa shape index (κ3) is 3.18. The molecule has 1 aliphatic carbocycles. The Kier molecular flexibility index (Phi) is 4.61. The number of rotatable bonds is 5. The number of likely N-dealkylation sites (tertiary alicyclic amines) is 1. The van der Waals surface area contributed by atoms with Gasteiger partial charge in [0.1, 0.15) is 5.76 Å². The van der Waals surface area contributed by atoms with E-state index in [9.17, 15) is 4.79 Å². The van der Waals surface area contributed by atoms with Crippen molar-refractivity contribution in [2.24, 2.45) is 13.0 Å². The Balaban J connectivity index is 1.51. The van der Waals surface area contributed by atoms with Gasteiger partial charge in [0.05, 0.1) is 29.9 Å². The minimum Gasteiger partial charge on any atom is -0.468 e. The molecule has 2 aliphatic rings. The second-order valence-corrected chi connectivity index (χ2v) is 7.92. The van der Waals surface area contributed by atoms with E-state index in [1.807, 2.05) is 37.6 Å². The number of hydrogen-bond donors (Lipinski definition) is 0. The molecule has 0 N–H and O–H groups in total. The molecule has 0 radical (unpaired) electrons. The van der Waals surface area contributed by atoms with Crippen molar-refractivity contribution in [1.29, 1.82) is 0 Å². The fourth-order valence-corrected chi connectivity index (χ4v) is 4.37. The van der Waals surface area contributed by atoms with Crippen molar-refractivity contribution in [3.8, 4) is 0 Å². The maximum absolute atomic E-state index is 13.0. The Labute approximate surface area is 154 Å². The zero-order valence-corrected chi connectivity index (χ0v) is 15.9. The number of furan rings is 1. The highest BCUT2D eigenvalue weighted by atomic mass is 16.3. The van der Waals surface area contributed by atoms with E-state index in [0.717, 1.165) is 50.1 Å². The first-order valence-corrected chi connectivity index (χ1v) is 9.55. The molecule has 2 fully saturated rings. The van der Waals surface area contributed by atoms with Crippen LogP contribution in [0.4, 0.5) is 0 Å². The van der Waals surface area contributed by atoms with Crippen LogP contribution in [0.1, 0.15) is 59.5 Å². The summed E-state index contributed by atoms with van der Waals surface area (Å²) in [6.07, 6.45) is 10.0. The monoisotopic (exact) mass is 356 g/mol. The molecule has 1 saturated carbocycles. The van der Waals surface area contributed by atoms with Gasteiger partial charge in [-0.2, -0.15) is 0 Å². The van der Waals surface area contributed by atoms with Crippen LogP contribution in [0.25, 0.3) is 0 Å². The smallest absolute Gasteiger partial charge is 0.257 e. The Morgan fingerprint density at radius 2 is 2.15 bits per heavy atom. The molecule has 1 aliphatic heterocycles. The number of hydrogen-bond acceptors (Lipinski definition) is 4. The lowest BCUT2D eigenvalue weighted by Gasteiger charge is -2.40. The molecule has 3 heterocycles. The maximum atomic E-state index is 13.0. The second-order valence-electron chi connectivity index (χ2n) is 7.92. The normalized spacial score (nSPS) is 24.0. The minimum absolute atomic E-state index is 0.0811. The Morgan fingerprint density at radius 3 is 2.85 bits per heavy atom. The topological polar surface area (TPSA) is 54.5 Å². The lowest BCUT2D eigenvalue weighted by Crippen LogP contribution is -2.43. The summed E-state index contributed by atoms with van der Waals surface area (Å²) in [7, 11) is 6.14. The number of carbonyl (C=O) groups is 1. The summed E-state index contributed by atoms with van der Waals surface area (Å²) in [6, 6.07) is 2.12. The summed E-state index contributed by atoms with van der Waals surface area (Å²) in [5, 5.41) is 0. The average Bonchev–Trinajstić information content (AvgIpc) is 3.20. The third-order valence-electron chi connectivity index (χ3n) is 5.89.